The van der Waals surface area contributed by atoms with E-state index in [-0.39, 0.29) is 6.04 Å². The molecule has 1 heterocycles. The zero-order chi connectivity index (χ0) is 12.5. The molecule has 1 fully saturated rings. The lowest BCUT2D eigenvalue weighted by atomic mass is 10.0. The van der Waals surface area contributed by atoms with Gasteiger partial charge in [0.05, 0.1) is 18.1 Å². The van der Waals surface area contributed by atoms with E-state index in [4.69, 9.17) is 5.84 Å². The molecule has 3 rings (SSSR count). The molecule has 1 aliphatic rings. The number of nitrogens with zero attached hydrogens (tertiary/aromatic N) is 2. The molecule has 2 aromatic rings. The van der Waals surface area contributed by atoms with Crippen LogP contribution in [0.1, 0.15) is 29.6 Å². The molecule has 18 heavy (non-hydrogen) atoms. The number of nitrogens with one attached hydrogen (secondary N) is 1. The summed E-state index contributed by atoms with van der Waals surface area (Å²) in [5.41, 5.74) is 5.51. The first-order chi connectivity index (χ1) is 8.81. The Labute approximate surface area is 107 Å². The molecule has 1 aromatic heterocycles. The Kier molecular flexibility index (Phi) is 2.89. The minimum absolute atomic E-state index is 0.183. The summed E-state index contributed by atoms with van der Waals surface area (Å²) in [6, 6.07) is 10.8. The number of nitrogens with two attached hydrogens (primary N) is 1. The maximum absolute atomic E-state index is 5.72. The number of benzene rings is 1. The smallest absolute Gasteiger partial charge is 0.0946 e. The second-order valence-corrected chi connectivity index (χ2v) is 4.99. The normalized spacial score (nSPS) is 23.9. The summed E-state index contributed by atoms with van der Waals surface area (Å²) in [6.07, 6.45) is 4.90. The molecule has 3 unspecified atom stereocenters. The number of hydrogen-bond donors (Lipinski definition) is 2. The first kappa shape index (κ1) is 11.4. The van der Waals surface area contributed by atoms with Gasteiger partial charge in [0.15, 0.2) is 0 Å². The second kappa shape index (κ2) is 4.55. The summed E-state index contributed by atoms with van der Waals surface area (Å²) < 4.78 is 2.03. The molecule has 4 heteroatoms. The quantitative estimate of drug-likeness (QED) is 0.634. The maximum Gasteiger partial charge on any atom is 0.0946 e. The van der Waals surface area contributed by atoms with Crippen LogP contribution in [0, 0.1) is 5.92 Å². The van der Waals surface area contributed by atoms with Gasteiger partial charge in [-0.1, -0.05) is 30.3 Å². The number of aryl methyl sites for hydroxylation is 1. The first-order valence-electron chi connectivity index (χ1n) is 6.28. The zero-order valence-electron chi connectivity index (χ0n) is 10.5. The number of imidazole rings is 1. The van der Waals surface area contributed by atoms with Gasteiger partial charge in [0.1, 0.15) is 0 Å². The molecule has 0 radical (unpaired) electrons. The minimum atomic E-state index is 0.183. The highest BCUT2D eigenvalue weighted by molar-refractivity contribution is 5.28. The van der Waals surface area contributed by atoms with E-state index in [1.165, 1.54) is 12.0 Å². The third kappa shape index (κ3) is 1.94. The molecular weight excluding hydrogens is 224 g/mol. The molecule has 0 spiro atoms. The van der Waals surface area contributed by atoms with Crippen molar-refractivity contribution in [3.63, 3.8) is 0 Å². The summed E-state index contributed by atoms with van der Waals surface area (Å²) in [7, 11) is 2.01. The van der Waals surface area contributed by atoms with Crippen LogP contribution >= 0.6 is 0 Å². The molecule has 0 amide bonds. The predicted molar refractivity (Wildman–Crippen MR) is 70.6 cm³/mol. The lowest BCUT2D eigenvalue weighted by molar-refractivity contribution is 0.463. The Bertz CT molecular complexity index is 520. The third-order valence-corrected chi connectivity index (χ3v) is 3.85. The van der Waals surface area contributed by atoms with Gasteiger partial charge in [-0.3, -0.25) is 11.3 Å². The summed E-state index contributed by atoms with van der Waals surface area (Å²) >= 11 is 0. The van der Waals surface area contributed by atoms with Crippen molar-refractivity contribution >= 4 is 0 Å². The van der Waals surface area contributed by atoms with Gasteiger partial charge in [-0.05, 0) is 23.8 Å². The number of hydrazine groups is 1. The van der Waals surface area contributed by atoms with Crippen LogP contribution in [0.2, 0.25) is 0 Å². The molecule has 1 aliphatic carbocycles. The summed E-state index contributed by atoms with van der Waals surface area (Å²) in [4.78, 5) is 4.17. The predicted octanol–water partition coefficient (Wildman–Crippen LogP) is 1.73. The Hall–Kier alpha value is -1.65. The fourth-order valence-corrected chi connectivity index (χ4v) is 2.76. The van der Waals surface area contributed by atoms with E-state index in [0.29, 0.717) is 11.8 Å². The van der Waals surface area contributed by atoms with Crippen molar-refractivity contribution in [1.29, 1.82) is 0 Å². The average Bonchev–Trinajstić information content (AvgIpc) is 3.08. The fraction of sp³-hybridized carbons (Fsp3) is 0.357. The molecule has 1 aromatic carbocycles. The Morgan fingerprint density at radius 1 is 1.39 bits per heavy atom. The average molecular weight is 242 g/mol. The van der Waals surface area contributed by atoms with Gasteiger partial charge in [-0.25, -0.2) is 4.98 Å². The van der Waals surface area contributed by atoms with E-state index in [2.05, 4.69) is 40.7 Å². The fourth-order valence-electron chi connectivity index (χ4n) is 2.76. The zero-order valence-corrected chi connectivity index (χ0v) is 10.5. The van der Waals surface area contributed by atoms with Gasteiger partial charge in [-0.2, -0.15) is 0 Å². The lowest BCUT2D eigenvalue weighted by Crippen LogP contribution is -2.31. The van der Waals surface area contributed by atoms with Crippen molar-refractivity contribution in [2.75, 3.05) is 0 Å². The highest BCUT2D eigenvalue weighted by Gasteiger charge is 2.44. The van der Waals surface area contributed by atoms with Crippen molar-refractivity contribution in [2.45, 2.75) is 18.4 Å². The van der Waals surface area contributed by atoms with E-state index in [9.17, 15) is 0 Å². The topological polar surface area (TPSA) is 55.9 Å². The van der Waals surface area contributed by atoms with E-state index in [1.54, 1.807) is 0 Å². The van der Waals surface area contributed by atoms with Crippen LogP contribution in [-0.2, 0) is 7.05 Å². The highest BCUT2D eigenvalue weighted by atomic mass is 15.3. The van der Waals surface area contributed by atoms with Gasteiger partial charge in [0.2, 0.25) is 0 Å². The largest absolute Gasteiger partial charge is 0.336 e. The molecule has 1 saturated carbocycles. The summed E-state index contributed by atoms with van der Waals surface area (Å²) in [5, 5.41) is 0. The molecule has 0 saturated heterocycles. The van der Waals surface area contributed by atoms with Gasteiger partial charge in [-0.15, -0.1) is 0 Å². The molecule has 3 atom stereocenters. The van der Waals surface area contributed by atoms with E-state index < -0.39 is 0 Å². The van der Waals surface area contributed by atoms with Crippen LogP contribution in [0.15, 0.2) is 42.9 Å². The van der Waals surface area contributed by atoms with Crippen molar-refractivity contribution < 1.29 is 0 Å². The Balaban J connectivity index is 1.79. The lowest BCUT2D eigenvalue weighted by Gasteiger charge is -2.16. The number of rotatable bonds is 4. The van der Waals surface area contributed by atoms with Crippen LogP contribution in [0.4, 0.5) is 0 Å². The number of aromatic nitrogens is 2. The minimum Gasteiger partial charge on any atom is -0.336 e. The van der Waals surface area contributed by atoms with Gasteiger partial charge >= 0.3 is 0 Å². The molecule has 3 N–H and O–H groups in total. The van der Waals surface area contributed by atoms with Crippen LogP contribution in [0.3, 0.4) is 0 Å². The molecule has 4 nitrogen and oxygen atoms in total. The number of hydrogen-bond acceptors (Lipinski definition) is 3. The SMILES string of the molecule is Cn1cncc1C(NN)C1CC1c1ccccc1. The van der Waals surface area contributed by atoms with E-state index in [0.717, 1.165) is 5.69 Å². The van der Waals surface area contributed by atoms with Crippen molar-refractivity contribution in [1.82, 2.24) is 15.0 Å². The monoisotopic (exact) mass is 242 g/mol. The Morgan fingerprint density at radius 3 is 2.78 bits per heavy atom. The van der Waals surface area contributed by atoms with Gasteiger partial charge < -0.3 is 4.57 Å². The molecule has 0 bridgehead atoms. The maximum atomic E-state index is 5.72. The van der Waals surface area contributed by atoms with Crippen molar-refractivity contribution in [3.8, 4) is 0 Å². The van der Waals surface area contributed by atoms with Crippen LogP contribution in [-0.4, -0.2) is 9.55 Å². The second-order valence-electron chi connectivity index (χ2n) is 4.99. The first-order valence-corrected chi connectivity index (χ1v) is 6.28. The van der Waals surface area contributed by atoms with Gasteiger partial charge in [0.25, 0.3) is 0 Å². The van der Waals surface area contributed by atoms with Crippen molar-refractivity contribution in [2.24, 2.45) is 18.8 Å². The van der Waals surface area contributed by atoms with Crippen molar-refractivity contribution in [3.05, 3.63) is 54.1 Å². The summed E-state index contributed by atoms with van der Waals surface area (Å²) in [5.74, 6) is 6.90. The third-order valence-electron chi connectivity index (χ3n) is 3.85. The molecular formula is C14H18N4. The standard InChI is InChI=1S/C14H18N4/c1-18-9-16-8-13(18)14(17-15)12-7-11(12)10-5-3-2-4-6-10/h2-6,8-9,11-12,14,17H,7,15H2,1H3. The van der Waals surface area contributed by atoms with Crippen LogP contribution in [0.25, 0.3) is 0 Å². The Morgan fingerprint density at radius 2 is 2.17 bits per heavy atom. The van der Waals surface area contributed by atoms with Gasteiger partial charge in [0, 0.05) is 13.2 Å². The molecule has 0 aliphatic heterocycles. The van der Waals surface area contributed by atoms with Crippen LogP contribution in [0.5, 0.6) is 0 Å². The molecule has 94 valence electrons. The van der Waals surface area contributed by atoms with E-state index in [1.807, 2.05) is 24.1 Å². The van der Waals surface area contributed by atoms with Crippen LogP contribution < -0.4 is 11.3 Å². The highest BCUT2D eigenvalue weighted by Crippen LogP contribution is 2.53. The van der Waals surface area contributed by atoms with E-state index >= 15 is 0 Å². The summed E-state index contributed by atoms with van der Waals surface area (Å²) in [6.45, 7) is 0.